The maximum absolute atomic E-state index is 6.66. The molecule has 10 aromatic rings. The van der Waals surface area contributed by atoms with E-state index < -0.39 is 10.8 Å². The van der Waals surface area contributed by atoms with Gasteiger partial charge in [-0.25, -0.2) is 0 Å². The second-order valence-electron chi connectivity index (χ2n) is 18.7. The molecule has 0 N–H and O–H groups in total. The van der Waals surface area contributed by atoms with Crippen molar-refractivity contribution in [1.82, 2.24) is 0 Å². The van der Waals surface area contributed by atoms with E-state index in [1.54, 1.807) is 21.3 Å². The summed E-state index contributed by atoms with van der Waals surface area (Å²) in [5.74, 6) is 3.16. The van der Waals surface area contributed by atoms with Crippen molar-refractivity contribution in [2.45, 2.75) is 16.9 Å². The molecule has 354 valence electrons. The average molecular weight is 943 g/mol. The molecule has 1 atom stereocenters. The van der Waals surface area contributed by atoms with Crippen LogP contribution < -0.4 is 18.9 Å². The van der Waals surface area contributed by atoms with Gasteiger partial charge in [-0.15, -0.1) is 0 Å². The monoisotopic (exact) mass is 942 g/mol. The van der Waals surface area contributed by atoms with Crippen molar-refractivity contribution < 1.29 is 28.4 Å². The number of hydrogen-bond acceptors (Lipinski definition) is 6. The van der Waals surface area contributed by atoms with Gasteiger partial charge >= 0.3 is 0 Å². The van der Waals surface area contributed by atoms with Gasteiger partial charge in [0.25, 0.3) is 0 Å². The van der Waals surface area contributed by atoms with Crippen LogP contribution >= 0.6 is 0 Å². The van der Waals surface area contributed by atoms with Gasteiger partial charge in [-0.1, -0.05) is 158 Å². The molecule has 72 heavy (non-hydrogen) atoms. The Kier molecular flexibility index (Phi) is 11.8. The molecule has 2 aliphatic carbocycles. The first-order valence-corrected chi connectivity index (χ1v) is 24.7. The Morgan fingerprint density at radius 2 is 0.736 bits per heavy atom. The Hall–Kier alpha value is -8.16. The van der Waals surface area contributed by atoms with Crippen LogP contribution in [0.1, 0.15) is 44.5 Å². The van der Waals surface area contributed by atoms with E-state index in [0.29, 0.717) is 26.4 Å². The molecule has 10 aromatic carbocycles. The lowest BCUT2D eigenvalue weighted by Gasteiger charge is -2.34. The minimum absolute atomic E-state index is 0.299. The molecular formula is C66H54O6. The molecule has 6 heteroatoms. The van der Waals surface area contributed by atoms with Crippen LogP contribution in [-0.4, -0.2) is 53.9 Å². The first kappa shape index (κ1) is 45.0. The van der Waals surface area contributed by atoms with Gasteiger partial charge in [0.1, 0.15) is 36.2 Å². The first-order valence-electron chi connectivity index (χ1n) is 24.7. The normalized spacial score (nSPS) is 14.0. The smallest absolute Gasteiger partial charge is 0.156 e. The molecule has 0 heterocycles. The second-order valence-corrected chi connectivity index (χ2v) is 18.7. The lowest BCUT2D eigenvalue weighted by Crippen LogP contribution is -2.30. The predicted octanol–water partition coefficient (Wildman–Crippen LogP) is 14.2. The largest absolute Gasteiger partial charge is 0.497 e. The molecule has 0 aliphatic heterocycles. The van der Waals surface area contributed by atoms with E-state index in [9.17, 15) is 0 Å². The first-order chi connectivity index (χ1) is 35.5. The number of hydrogen-bond donors (Lipinski definition) is 0. The van der Waals surface area contributed by atoms with Gasteiger partial charge in [0, 0.05) is 14.2 Å². The van der Waals surface area contributed by atoms with Crippen LogP contribution in [0, 0.1) is 0 Å². The average Bonchev–Trinajstić information content (AvgIpc) is 3.91. The molecule has 0 saturated carbocycles. The van der Waals surface area contributed by atoms with Crippen LogP contribution in [0.4, 0.5) is 0 Å². The Morgan fingerprint density at radius 1 is 0.333 bits per heavy atom. The summed E-state index contributed by atoms with van der Waals surface area (Å²) >= 11 is 0. The van der Waals surface area contributed by atoms with Gasteiger partial charge in [-0.2, -0.15) is 0 Å². The van der Waals surface area contributed by atoms with Gasteiger partial charge in [0.2, 0.25) is 0 Å². The second kappa shape index (κ2) is 18.9. The molecule has 2 aliphatic rings. The van der Waals surface area contributed by atoms with Crippen LogP contribution in [0.5, 0.6) is 23.0 Å². The SMILES string of the molecule is COCCOc1ccc(C2(c3ccc(OC(COC)COc4ccc5cc(C6(c7ccc8cc(OC)ccc8c7)c7ccccc7-c7ccccc76)ccc5c4)cc3)c3ccccc3-c3ccccc32)cc1. The molecule has 6 nitrogen and oxygen atoms in total. The fraction of sp³-hybridized carbons (Fsp3) is 0.152. The summed E-state index contributed by atoms with van der Waals surface area (Å²) < 4.78 is 35.7. The van der Waals surface area contributed by atoms with E-state index in [1.165, 1.54) is 61.0 Å². The molecule has 0 saturated heterocycles. The van der Waals surface area contributed by atoms with Crippen molar-refractivity contribution in [1.29, 1.82) is 0 Å². The summed E-state index contributed by atoms with van der Waals surface area (Å²) in [6, 6.07) is 78.7. The Bertz CT molecular complexity index is 3510. The van der Waals surface area contributed by atoms with E-state index in [4.69, 9.17) is 28.4 Å². The summed E-state index contributed by atoms with van der Waals surface area (Å²) in [5.41, 5.74) is 13.7. The van der Waals surface area contributed by atoms with E-state index >= 15 is 0 Å². The van der Waals surface area contributed by atoms with E-state index in [2.05, 4.69) is 212 Å². The van der Waals surface area contributed by atoms with Crippen molar-refractivity contribution >= 4 is 21.5 Å². The van der Waals surface area contributed by atoms with Crippen LogP contribution in [0.15, 0.2) is 218 Å². The number of ether oxygens (including phenoxy) is 6. The minimum atomic E-state index is -0.555. The van der Waals surface area contributed by atoms with Crippen LogP contribution in [-0.2, 0) is 20.3 Å². The van der Waals surface area contributed by atoms with Gasteiger partial charge in [0.15, 0.2) is 6.10 Å². The molecule has 12 rings (SSSR count). The summed E-state index contributed by atoms with van der Waals surface area (Å²) in [4.78, 5) is 0. The third kappa shape index (κ3) is 7.49. The van der Waals surface area contributed by atoms with Crippen molar-refractivity contribution in [2.24, 2.45) is 0 Å². The number of fused-ring (bicyclic) bond motifs is 8. The number of methoxy groups -OCH3 is 3. The van der Waals surface area contributed by atoms with E-state index in [0.717, 1.165) is 50.3 Å². The fourth-order valence-corrected chi connectivity index (χ4v) is 11.7. The molecular weight excluding hydrogens is 889 g/mol. The van der Waals surface area contributed by atoms with Gasteiger partial charge in [0.05, 0.1) is 31.2 Å². The Balaban J connectivity index is 0.829. The summed E-state index contributed by atoms with van der Waals surface area (Å²) in [6.07, 6.45) is -0.364. The molecule has 1 unspecified atom stereocenters. The maximum Gasteiger partial charge on any atom is 0.156 e. The fourth-order valence-electron chi connectivity index (χ4n) is 11.7. The molecule has 0 aromatic heterocycles. The lowest BCUT2D eigenvalue weighted by molar-refractivity contribution is 0.0485. The highest BCUT2D eigenvalue weighted by Gasteiger charge is 2.47. The lowest BCUT2D eigenvalue weighted by atomic mass is 9.67. The van der Waals surface area contributed by atoms with Crippen molar-refractivity contribution in [2.75, 3.05) is 47.8 Å². The van der Waals surface area contributed by atoms with Crippen LogP contribution in [0.3, 0.4) is 0 Å². The van der Waals surface area contributed by atoms with Crippen molar-refractivity contribution in [3.05, 3.63) is 263 Å². The third-order valence-electron chi connectivity index (χ3n) is 14.9. The van der Waals surface area contributed by atoms with Gasteiger partial charge < -0.3 is 28.4 Å². The van der Waals surface area contributed by atoms with Gasteiger partial charge in [-0.05, 0) is 149 Å². The zero-order valence-corrected chi connectivity index (χ0v) is 40.6. The quantitative estimate of drug-likeness (QED) is 0.0900. The molecule has 0 bridgehead atoms. The predicted molar refractivity (Wildman–Crippen MR) is 288 cm³/mol. The topological polar surface area (TPSA) is 55.4 Å². The molecule has 0 fully saturated rings. The summed E-state index contributed by atoms with van der Waals surface area (Å²) in [5, 5.41) is 4.54. The van der Waals surface area contributed by atoms with Crippen molar-refractivity contribution in [3.63, 3.8) is 0 Å². The molecule has 0 radical (unpaired) electrons. The number of benzene rings is 10. The maximum atomic E-state index is 6.66. The highest BCUT2D eigenvalue weighted by atomic mass is 16.6. The zero-order valence-electron chi connectivity index (χ0n) is 40.6. The molecule has 0 spiro atoms. The van der Waals surface area contributed by atoms with Crippen LogP contribution in [0.25, 0.3) is 43.8 Å². The van der Waals surface area contributed by atoms with E-state index in [1.807, 2.05) is 6.07 Å². The summed E-state index contributed by atoms with van der Waals surface area (Å²) in [6.45, 7) is 1.68. The highest BCUT2D eigenvalue weighted by molar-refractivity contribution is 5.92. The standard InChI is InChI=1S/C66H54O6/c1-67-36-37-70-52-32-26-48(27-33-52)65(61-16-8-4-12-57(61)58-13-5-9-17-62(58)65)49-28-34-53(35-29-49)72-56(42-68-2)43-71-55-31-23-45-39-51(25-21-47(45)41-55)66(50-24-20-46-40-54(69-3)30-22-44(46)38-50)63-18-10-6-14-59(63)60-15-7-11-19-64(60)66/h4-35,38-41,56H,36-37,42-43H2,1-3H3. The molecule has 0 amide bonds. The third-order valence-corrected chi connectivity index (χ3v) is 14.9. The zero-order chi connectivity index (χ0) is 48.7. The Labute approximate surface area is 421 Å². The van der Waals surface area contributed by atoms with E-state index in [-0.39, 0.29) is 6.10 Å². The van der Waals surface area contributed by atoms with Gasteiger partial charge in [-0.3, -0.25) is 0 Å². The Morgan fingerprint density at radius 3 is 1.22 bits per heavy atom. The van der Waals surface area contributed by atoms with Crippen molar-refractivity contribution in [3.8, 4) is 45.3 Å². The summed E-state index contributed by atoms with van der Waals surface area (Å²) in [7, 11) is 5.10. The number of rotatable bonds is 16. The minimum Gasteiger partial charge on any atom is -0.497 e. The van der Waals surface area contributed by atoms with Crippen LogP contribution in [0.2, 0.25) is 0 Å². The highest BCUT2D eigenvalue weighted by Crippen LogP contribution is 2.58.